The molecule has 2 aliphatic rings. The van der Waals surface area contributed by atoms with Crippen molar-refractivity contribution in [2.45, 2.75) is 57.7 Å². The van der Waals surface area contributed by atoms with Crippen molar-refractivity contribution >= 4 is 5.91 Å². The molecule has 1 heterocycles. The lowest BCUT2D eigenvalue weighted by molar-refractivity contribution is -0.136. The van der Waals surface area contributed by atoms with E-state index in [1.807, 2.05) is 0 Å². The van der Waals surface area contributed by atoms with Crippen LogP contribution in [0.15, 0.2) is 30.3 Å². The zero-order valence-corrected chi connectivity index (χ0v) is 14.9. The molecule has 0 radical (unpaired) electrons. The van der Waals surface area contributed by atoms with Gasteiger partial charge in [0.2, 0.25) is 5.91 Å². The van der Waals surface area contributed by atoms with Gasteiger partial charge >= 0.3 is 0 Å². The number of amides is 1. The lowest BCUT2D eigenvalue weighted by Crippen LogP contribution is -2.42. The Kier molecular flexibility index (Phi) is 5.90. The number of carbonyl (C=O) groups is 1. The Bertz CT molecular complexity index is 533. The van der Waals surface area contributed by atoms with Crippen molar-refractivity contribution in [1.29, 1.82) is 0 Å². The fraction of sp³-hybridized carbons (Fsp3) is 0.650. The highest BCUT2D eigenvalue weighted by Crippen LogP contribution is 2.26. The highest BCUT2D eigenvalue weighted by atomic mass is 16.2. The van der Waals surface area contributed by atoms with E-state index in [0.29, 0.717) is 11.9 Å². The van der Waals surface area contributed by atoms with Crippen LogP contribution in [0, 0.1) is 5.92 Å². The van der Waals surface area contributed by atoms with Crippen molar-refractivity contribution in [3.63, 3.8) is 0 Å². The number of carbonyl (C=O) groups excluding carboxylic acids is 1. The number of nitrogens with zero attached hydrogens (tertiary/aromatic N) is 2. The maximum atomic E-state index is 12.9. The van der Waals surface area contributed by atoms with E-state index in [1.165, 1.54) is 5.56 Å². The van der Waals surface area contributed by atoms with Crippen molar-refractivity contribution in [3.8, 4) is 0 Å². The molecule has 3 unspecified atom stereocenters. The van der Waals surface area contributed by atoms with Gasteiger partial charge in [-0.05, 0) is 38.2 Å². The Morgan fingerprint density at radius 3 is 2.67 bits per heavy atom. The van der Waals surface area contributed by atoms with E-state index >= 15 is 0 Å². The zero-order chi connectivity index (χ0) is 16.9. The smallest absolute Gasteiger partial charge is 0.225 e. The van der Waals surface area contributed by atoms with E-state index in [9.17, 15) is 4.79 Å². The van der Waals surface area contributed by atoms with Crippen LogP contribution < -0.4 is 5.73 Å². The minimum atomic E-state index is 0.157. The van der Waals surface area contributed by atoms with Gasteiger partial charge in [-0.25, -0.2) is 0 Å². The molecule has 2 fully saturated rings. The van der Waals surface area contributed by atoms with Crippen LogP contribution in [0.2, 0.25) is 0 Å². The molecule has 1 saturated carbocycles. The summed E-state index contributed by atoms with van der Waals surface area (Å²) < 4.78 is 0. The van der Waals surface area contributed by atoms with Crippen molar-refractivity contribution in [1.82, 2.24) is 9.80 Å². The first-order chi connectivity index (χ1) is 11.6. The summed E-state index contributed by atoms with van der Waals surface area (Å²) in [4.78, 5) is 17.5. The molecular weight excluding hydrogens is 298 g/mol. The number of nitrogens with two attached hydrogens (primary N) is 1. The highest BCUT2D eigenvalue weighted by Gasteiger charge is 2.31. The van der Waals surface area contributed by atoms with E-state index in [4.69, 9.17) is 5.73 Å². The van der Waals surface area contributed by atoms with Crippen LogP contribution in [0.25, 0.3) is 0 Å². The quantitative estimate of drug-likeness (QED) is 0.927. The molecule has 1 aromatic rings. The average Bonchev–Trinajstić information content (AvgIpc) is 2.78. The van der Waals surface area contributed by atoms with Gasteiger partial charge in [0.05, 0.1) is 0 Å². The molecule has 0 bridgehead atoms. The molecule has 1 aliphatic heterocycles. The molecule has 2 N–H and O–H groups in total. The van der Waals surface area contributed by atoms with Gasteiger partial charge in [0.1, 0.15) is 0 Å². The van der Waals surface area contributed by atoms with Gasteiger partial charge in [0.15, 0.2) is 0 Å². The first-order valence-electron chi connectivity index (χ1n) is 9.46. The van der Waals surface area contributed by atoms with E-state index in [0.717, 1.165) is 58.3 Å². The van der Waals surface area contributed by atoms with Crippen LogP contribution >= 0.6 is 0 Å². The van der Waals surface area contributed by atoms with Gasteiger partial charge in [0, 0.05) is 44.2 Å². The summed E-state index contributed by atoms with van der Waals surface area (Å²) in [6, 6.07) is 11.4. The van der Waals surface area contributed by atoms with Crippen LogP contribution in [-0.2, 0) is 11.3 Å². The third kappa shape index (κ3) is 4.37. The number of hydrogen-bond donors (Lipinski definition) is 1. The van der Waals surface area contributed by atoms with Crippen molar-refractivity contribution in [2.24, 2.45) is 11.7 Å². The van der Waals surface area contributed by atoms with Crippen molar-refractivity contribution < 1.29 is 4.79 Å². The van der Waals surface area contributed by atoms with E-state index < -0.39 is 0 Å². The topological polar surface area (TPSA) is 49.6 Å². The Morgan fingerprint density at radius 1 is 1.12 bits per heavy atom. The number of rotatable bonds is 3. The van der Waals surface area contributed by atoms with Gasteiger partial charge in [-0.3, -0.25) is 9.69 Å². The molecule has 1 aromatic carbocycles. The molecule has 4 nitrogen and oxygen atoms in total. The fourth-order valence-electron chi connectivity index (χ4n) is 4.09. The predicted molar refractivity (Wildman–Crippen MR) is 97.4 cm³/mol. The Balaban J connectivity index is 1.58. The molecule has 1 saturated heterocycles. The first-order valence-corrected chi connectivity index (χ1v) is 9.46. The van der Waals surface area contributed by atoms with Crippen molar-refractivity contribution in [2.75, 3.05) is 19.6 Å². The van der Waals surface area contributed by atoms with Crippen LogP contribution in [0.1, 0.15) is 44.6 Å². The van der Waals surface area contributed by atoms with Crippen LogP contribution in [-0.4, -0.2) is 47.4 Å². The zero-order valence-electron chi connectivity index (χ0n) is 14.9. The van der Waals surface area contributed by atoms with E-state index in [2.05, 4.69) is 47.1 Å². The van der Waals surface area contributed by atoms with E-state index in [1.54, 1.807) is 0 Å². The number of hydrogen-bond acceptors (Lipinski definition) is 3. The maximum absolute atomic E-state index is 12.9. The first kappa shape index (κ1) is 17.4. The Hall–Kier alpha value is -1.39. The molecule has 132 valence electrons. The highest BCUT2D eigenvalue weighted by molar-refractivity contribution is 5.79. The van der Waals surface area contributed by atoms with Gasteiger partial charge in [-0.15, -0.1) is 0 Å². The summed E-state index contributed by atoms with van der Waals surface area (Å²) in [5.74, 6) is 0.503. The molecule has 0 aromatic heterocycles. The molecule has 3 atom stereocenters. The molecule has 3 rings (SSSR count). The summed E-state index contributed by atoms with van der Waals surface area (Å²) in [6.45, 7) is 5.95. The molecular formula is C20H31N3O. The third-order valence-corrected chi connectivity index (χ3v) is 5.70. The van der Waals surface area contributed by atoms with Gasteiger partial charge in [0.25, 0.3) is 0 Å². The lowest BCUT2D eigenvalue weighted by Gasteiger charge is -2.31. The summed E-state index contributed by atoms with van der Waals surface area (Å²) in [7, 11) is 0. The van der Waals surface area contributed by atoms with Crippen LogP contribution in [0.3, 0.4) is 0 Å². The normalized spacial score (nSPS) is 29.2. The Morgan fingerprint density at radius 2 is 1.92 bits per heavy atom. The molecule has 4 heteroatoms. The monoisotopic (exact) mass is 329 g/mol. The second-order valence-electron chi connectivity index (χ2n) is 7.54. The largest absolute Gasteiger partial charge is 0.341 e. The Labute approximate surface area is 146 Å². The average molecular weight is 329 g/mol. The number of benzene rings is 1. The molecule has 1 amide bonds. The predicted octanol–water partition coefficient (Wildman–Crippen LogP) is 2.63. The molecule has 0 spiro atoms. The minimum absolute atomic E-state index is 0.157. The summed E-state index contributed by atoms with van der Waals surface area (Å²) in [5, 5.41) is 0. The van der Waals surface area contributed by atoms with Crippen LogP contribution in [0.5, 0.6) is 0 Å². The maximum Gasteiger partial charge on any atom is 0.225 e. The second kappa shape index (κ2) is 8.13. The molecule has 24 heavy (non-hydrogen) atoms. The van der Waals surface area contributed by atoms with Gasteiger partial charge in [-0.1, -0.05) is 36.8 Å². The van der Waals surface area contributed by atoms with Crippen LogP contribution in [0.4, 0.5) is 0 Å². The standard InChI is InChI=1S/C20H31N3O/c1-16-10-11-22(20(24)18-8-5-9-19(21)14-18)12-13-23(16)15-17-6-3-2-4-7-17/h2-4,6-7,16,18-19H,5,8-15,21H2,1H3. The SMILES string of the molecule is CC1CCN(C(=O)C2CCCC(N)C2)CCN1Cc1ccccc1. The van der Waals surface area contributed by atoms with Gasteiger partial charge in [-0.2, -0.15) is 0 Å². The fourth-order valence-corrected chi connectivity index (χ4v) is 4.09. The summed E-state index contributed by atoms with van der Waals surface area (Å²) in [5.41, 5.74) is 7.42. The summed E-state index contributed by atoms with van der Waals surface area (Å²) in [6.07, 6.45) is 5.12. The summed E-state index contributed by atoms with van der Waals surface area (Å²) >= 11 is 0. The van der Waals surface area contributed by atoms with Crippen molar-refractivity contribution in [3.05, 3.63) is 35.9 Å². The van der Waals surface area contributed by atoms with E-state index in [-0.39, 0.29) is 12.0 Å². The molecule has 1 aliphatic carbocycles. The third-order valence-electron chi connectivity index (χ3n) is 5.70. The second-order valence-corrected chi connectivity index (χ2v) is 7.54. The van der Waals surface area contributed by atoms with Gasteiger partial charge < -0.3 is 10.6 Å². The lowest BCUT2D eigenvalue weighted by atomic mass is 9.85. The minimum Gasteiger partial charge on any atom is -0.341 e.